The summed E-state index contributed by atoms with van der Waals surface area (Å²) in [6, 6.07) is 5.86. The lowest BCUT2D eigenvalue weighted by Gasteiger charge is -2.37. The highest BCUT2D eigenvalue weighted by molar-refractivity contribution is 5.95. The van der Waals surface area contributed by atoms with Gasteiger partial charge in [0.25, 0.3) is 0 Å². The number of cyclic esters (lactones) is 1. The molecule has 1 heterocycles. The molecule has 2 atom stereocenters. The number of carbonyl (C=O) groups is 2. The van der Waals surface area contributed by atoms with Crippen LogP contribution in [0.2, 0.25) is 0 Å². The molecule has 0 saturated carbocycles. The fraction of sp³-hybridized carbons (Fsp3) is 0.545. The summed E-state index contributed by atoms with van der Waals surface area (Å²) in [4.78, 5) is 23.5. The number of ketones is 1. The van der Waals surface area contributed by atoms with Crippen molar-refractivity contribution in [2.45, 2.75) is 71.8 Å². The standard InChI is InChI=1S/C22H30O4/c1-5-6-15(2)13-22(14-19(24)12-21(25)26-22)10-9-18-7-8-20(17(4)23)16(3)11-18/h7-8,11-12,15,24H,5-6,9-10,13-14H2,1-4H3. The number of esters is 1. The Morgan fingerprint density at radius 1 is 1.38 bits per heavy atom. The molecule has 0 fully saturated rings. The van der Waals surface area contributed by atoms with E-state index in [1.54, 1.807) is 6.92 Å². The minimum atomic E-state index is -0.655. The van der Waals surface area contributed by atoms with Crippen molar-refractivity contribution in [3.05, 3.63) is 46.7 Å². The first kappa shape index (κ1) is 20.2. The van der Waals surface area contributed by atoms with Gasteiger partial charge in [0.15, 0.2) is 5.78 Å². The van der Waals surface area contributed by atoms with Crippen molar-refractivity contribution >= 4 is 11.8 Å². The second kappa shape index (κ2) is 8.52. The molecule has 1 aromatic carbocycles. The zero-order chi connectivity index (χ0) is 19.3. The van der Waals surface area contributed by atoms with Crippen LogP contribution in [0.25, 0.3) is 0 Å². The summed E-state index contributed by atoms with van der Waals surface area (Å²) in [5.41, 5.74) is 2.16. The van der Waals surface area contributed by atoms with Crippen LogP contribution in [0.5, 0.6) is 0 Å². The van der Waals surface area contributed by atoms with Gasteiger partial charge >= 0.3 is 5.97 Å². The number of hydrogen-bond acceptors (Lipinski definition) is 4. The summed E-state index contributed by atoms with van der Waals surface area (Å²) in [7, 11) is 0. The lowest BCUT2D eigenvalue weighted by molar-refractivity contribution is -0.160. The first-order valence-electron chi connectivity index (χ1n) is 9.47. The second-order valence-electron chi connectivity index (χ2n) is 7.72. The third kappa shape index (κ3) is 5.20. The molecule has 0 amide bonds. The maximum atomic E-state index is 11.9. The highest BCUT2D eigenvalue weighted by Gasteiger charge is 2.39. The van der Waals surface area contributed by atoms with Gasteiger partial charge in [0.1, 0.15) is 11.4 Å². The van der Waals surface area contributed by atoms with Crippen LogP contribution in [0.4, 0.5) is 0 Å². The SMILES string of the molecule is CCCC(C)CC1(CCc2ccc(C(C)=O)c(C)c2)CC(O)=CC(=O)O1. The minimum Gasteiger partial charge on any atom is -0.512 e. The highest BCUT2D eigenvalue weighted by Crippen LogP contribution is 2.37. The molecule has 0 aromatic heterocycles. The second-order valence-corrected chi connectivity index (χ2v) is 7.72. The Bertz CT molecular complexity index is 704. The van der Waals surface area contributed by atoms with E-state index in [9.17, 15) is 14.7 Å². The molecule has 26 heavy (non-hydrogen) atoms. The molecule has 1 N–H and O–H groups in total. The predicted octanol–water partition coefficient (Wildman–Crippen LogP) is 5.08. The molecule has 2 unspecified atom stereocenters. The molecule has 1 aliphatic heterocycles. The van der Waals surface area contributed by atoms with E-state index in [1.807, 2.05) is 25.1 Å². The molecular formula is C22H30O4. The van der Waals surface area contributed by atoms with Crippen LogP contribution < -0.4 is 0 Å². The van der Waals surface area contributed by atoms with Crippen molar-refractivity contribution in [3.8, 4) is 0 Å². The normalized spacial score (nSPS) is 21.1. The van der Waals surface area contributed by atoms with Crippen LogP contribution in [0, 0.1) is 12.8 Å². The molecule has 1 aromatic rings. The number of Topliss-reactive ketones (excluding diaryl/α,β-unsaturated/α-hetero) is 1. The van der Waals surface area contributed by atoms with Gasteiger partial charge in [0, 0.05) is 12.0 Å². The summed E-state index contributed by atoms with van der Waals surface area (Å²) in [6.07, 6.45) is 5.83. The van der Waals surface area contributed by atoms with Gasteiger partial charge in [-0.15, -0.1) is 0 Å². The van der Waals surface area contributed by atoms with Crippen molar-refractivity contribution in [3.63, 3.8) is 0 Å². The van der Waals surface area contributed by atoms with Gasteiger partial charge in [0.2, 0.25) is 0 Å². The zero-order valence-corrected chi connectivity index (χ0v) is 16.3. The number of benzene rings is 1. The minimum absolute atomic E-state index is 0.0650. The lowest BCUT2D eigenvalue weighted by atomic mass is 9.80. The first-order valence-corrected chi connectivity index (χ1v) is 9.47. The molecule has 142 valence electrons. The Morgan fingerprint density at radius 2 is 2.12 bits per heavy atom. The Morgan fingerprint density at radius 3 is 2.69 bits per heavy atom. The summed E-state index contributed by atoms with van der Waals surface area (Å²) < 4.78 is 5.75. The number of aryl methyl sites for hydroxylation is 2. The van der Waals surface area contributed by atoms with Gasteiger partial charge in [-0.2, -0.15) is 0 Å². The van der Waals surface area contributed by atoms with E-state index >= 15 is 0 Å². The maximum Gasteiger partial charge on any atom is 0.334 e. The van der Waals surface area contributed by atoms with Crippen molar-refractivity contribution in [2.24, 2.45) is 5.92 Å². The van der Waals surface area contributed by atoms with E-state index in [2.05, 4.69) is 13.8 Å². The molecular weight excluding hydrogens is 328 g/mol. The zero-order valence-electron chi connectivity index (χ0n) is 16.3. The average Bonchev–Trinajstić information content (AvgIpc) is 2.52. The van der Waals surface area contributed by atoms with E-state index in [1.165, 1.54) is 6.08 Å². The fourth-order valence-corrected chi connectivity index (χ4v) is 4.03. The molecule has 0 saturated heterocycles. The van der Waals surface area contributed by atoms with Crippen LogP contribution in [0.15, 0.2) is 30.0 Å². The quantitative estimate of drug-likeness (QED) is 0.520. The summed E-state index contributed by atoms with van der Waals surface area (Å²) in [6.45, 7) is 7.82. The smallest absolute Gasteiger partial charge is 0.334 e. The van der Waals surface area contributed by atoms with E-state index in [0.717, 1.165) is 42.4 Å². The third-order valence-electron chi connectivity index (χ3n) is 5.15. The Hall–Kier alpha value is -2.10. The molecule has 4 heteroatoms. The maximum absolute atomic E-state index is 11.9. The first-order chi connectivity index (χ1) is 12.2. The van der Waals surface area contributed by atoms with Gasteiger partial charge in [-0.25, -0.2) is 4.79 Å². The molecule has 0 bridgehead atoms. The highest BCUT2D eigenvalue weighted by atomic mass is 16.6. The molecule has 1 aliphatic rings. The molecule has 0 spiro atoms. The number of aliphatic hydroxyl groups excluding tert-OH is 1. The molecule has 0 aliphatic carbocycles. The number of aliphatic hydroxyl groups is 1. The third-order valence-corrected chi connectivity index (χ3v) is 5.15. The van der Waals surface area contributed by atoms with Crippen LogP contribution in [-0.2, 0) is 16.0 Å². The number of hydrogen-bond donors (Lipinski definition) is 1. The van der Waals surface area contributed by atoms with Gasteiger partial charge in [0.05, 0.1) is 6.08 Å². The van der Waals surface area contributed by atoms with E-state index in [-0.39, 0.29) is 11.5 Å². The van der Waals surface area contributed by atoms with Crippen molar-refractivity contribution in [2.75, 3.05) is 0 Å². The van der Waals surface area contributed by atoms with Crippen molar-refractivity contribution in [1.29, 1.82) is 0 Å². The van der Waals surface area contributed by atoms with E-state index in [0.29, 0.717) is 18.8 Å². The summed E-state index contributed by atoms with van der Waals surface area (Å²) in [5, 5.41) is 10.0. The molecule has 2 rings (SSSR count). The number of carbonyl (C=O) groups excluding carboxylic acids is 2. The van der Waals surface area contributed by atoms with Gasteiger partial charge in [-0.3, -0.25) is 4.79 Å². The Balaban J connectivity index is 2.17. The summed E-state index contributed by atoms with van der Waals surface area (Å²) >= 11 is 0. The van der Waals surface area contributed by atoms with E-state index in [4.69, 9.17) is 4.74 Å². The molecule has 0 radical (unpaired) electrons. The van der Waals surface area contributed by atoms with E-state index < -0.39 is 11.6 Å². The topological polar surface area (TPSA) is 63.6 Å². The van der Waals surface area contributed by atoms with Crippen LogP contribution in [-0.4, -0.2) is 22.5 Å². The fourth-order valence-electron chi connectivity index (χ4n) is 4.03. The molecule has 4 nitrogen and oxygen atoms in total. The summed E-state index contributed by atoms with van der Waals surface area (Å²) in [5.74, 6) is 0.129. The lowest BCUT2D eigenvalue weighted by Crippen LogP contribution is -2.40. The monoisotopic (exact) mass is 358 g/mol. The van der Waals surface area contributed by atoms with Crippen molar-refractivity contribution in [1.82, 2.24) is 0 Å². The predicted molar refractivity (Wildman–Crippen MR) is 102 cm³/mol. The largest absolute Gasteiger partial charge is 0.512 e. The van der Waals surface area contributed by atoms with Crippen LogP contribution >= 0.6 is 0 Å². The Labute approximate surface area is 156 Å². The van der Waals surface area contributed by atoms with Crippen LogP contribution in [0.1, 0.15) is 74.4 Å². The number of ether oxygens (including phenoxy) is 1. The Kier molecular flexibility index (Phi) is 6.63. The number of rotatable bonds is 8. The average molecular weight is 358 g/mol. The van der Waals surface area contributed by atoms with Gasteiger partial charge < -0.3 is 9.84 Å². The van der Waals surface area contributed by atoms with Gasteiger partial charge in [-0.05, 0) is 50.2 Å². The van der Waals surface area contributed by atoms with Gasteiger partial charge in [-0.1, -0.05) is 44.9 Å². The van der Waals surface area contributed by atoms with Crippen LogP contribution in [0.3, 0.4) is 0 Å². The van der Waals surface area contributed by atoms with Crippen molar-refractivity contribution < 1.29 is 19.4 Å².